The van der Waals surface area contributed by atoms with Gasteiger partial charge in [0.15, 0.2) is 17.5 Å². The van der Waals surface area contributed by atoms with Crippen molar-refractivity contribution in [1.29, 1.82) is 0 Å². The van der Waals surface area contributed by atoms with Crippen molar-refractivity contribution in [1.82, 2.24) is 5.32 Å². The van der Waals surface area contributed by atoms with Gasteiger partial charge in [-0.15, -0.1) is 0 Å². The highest BCUT2D eigenvalue weighted by Crippen LogP contribution is 2.27. The molecule has 1 amide bonds. The summed E-state index contributed by atoms with van der Waals surface area (Å²) in [5.74, 6) is -1.13. The average Bonchev–Trinajstić information content (AvgIpc) is 2.42. The largest absolute Gasteiger partial charge is 0.493 e. The lowest BCUT2D eigenvalue weighted by Crippen LogP contribution is -2.47. The second-order valence-electron chi connectivity index (χ2n) is 4.10. The van der Waals surface area contributed by atoms with Crippen LogP contribution < -0.4 is 14.8 Å². The molecule has 0 fully saturated rings. The molecule has 0 aliphatic carbocycles. The molecule has 20 heavy (non-hydrogen) atoms. The van der Waals surface area contributed by atoms with E-state index in [1.165, 1.54) is 39.3 Å². The van der Waals surface area contributed by atoms with Crippen LogP contribution in [-0.4, -0.2) is 48.5 Å². The van der Waals surface area contributed by atoms with Crippen molar-refractivity contribution in [3.8, 4) is 11.5 Å². The fraction of sp³-hybridized carbons (Fsp3) is 0.385. The molecule has 0 saturated carbocycles. The monoisotopic (exact) mass is 283 g/mol. The van der Waals surface area contributed by atoms with Crippen molar-refractivity contribution in [3.63, 3.8) is 0 Å². The Bertz CT molecular complexity index is 500. The Balaban J connectivity index is 2.95. The van der Waals surface area contributed by atoms with Gasteiger partial charge in [-0.05, 0) is 25.1 Å². The van der Waals surface area contributed by atoms with Crippen LogP contribution in [-0.2, 0) is 4.79 Å². The van der Waals surface area contributed by atoms with E-state index in [1.807, 2.05) is 0 Å². The summed E-state index contributed by atoms with van der Waals surface area (Å²) in [5, 5.41) is 20.5. The van der Waals surface area contributed by atoms with Gasteiger partial charge < -0.3 is 25.0 Å². The first-order chi connectivity index (χ1) is 9.40. The molecule has 2 atom stereocenters. The molecular weight excluding hydrogens is 266 g/mol. The highest BCUT2D eigenvalue weighted by molar-refractivity contribution is 5.97. The van der Waals surface area contributed by atoms with Gasteiger partial charge in [0.05, 0.1) is 20.3 Å². The van der Waals surface area contributed by atoms with E-state index in [1.54, 1.807) is 0 Å². The topological polar surface area (TPSA) is 105 Å². The van der Waals surface area contributed by atoms with Gasteiger partial charge in [-0.25, -0.2) is 4.79 Å². The molecule has 1 aromatic rings. The van der Waals surface area contributed by atoms with E-state index in [-0.39, 0.29) is 5.56 Å². The van der Waals surface area contributed by atoms with Crippen LogP contribution in [0.3, 0.4) is 0 Å². The number of benzene rings is 1. The summed E-state index contributed by atoms with van der Waals surface area (Å²) < 4.78 is 10.1. The summed E-state index contributed by atoms with van der Waals surface area (Å²) in [6.45, 7) is 1.29. The van der Waals surface area contributed by atoms with Crippen molar-refractivity contribution < 1.29 is 29.3 Å². The first kappa shape index (κ1) is 15.8. The molecule has 0 aromatic heterocycles. The summed E-state index contributed by atoms with van der Waals surface area (Å²) in [6, 6.07) is 3.05. The predicted octanol–water partition coefficient (Wildman–Crippen LogP) is 0.268. The van der Waals surface area contributed by atoms with Crippen molar-refractivity contribution in [3.05, 3.63) is 23.8 Å². The fourth-order valence-corrected chi connectivity index (χ4v) is 1.59. The van der Waals surface area contributed by atoms with Crippen LogP contribution in [0.4, 0.5) is 0 Å². The molecule has 7 heteroatoms. The van der Waals surface area contributed by atoms with E-state index >= 15 is 0 Å². The molecule has 1 rings (SSSR count). The number of carboxylic acid groups (broad SMARTS) is 1. The Labute approximate surface area is 116 Å². The number of methoxy groups -OCH3 is 2. The molecule has 7 nitrogen and oxygen atoms in total. The molecule has 0 radical (unpaired) electrons. The van der Waals surface area contributed by atoms with Gasteiger partial charge in [0.1, 0.15) is 0 Å². The minimum absolute atomic E-state index is 0.203. The maximum absolute atomic E-state index is 11.9. The second kappa shape index (κ2) is 6.76. The number of hydrogen-bond donors (Lipinski definition) is 3. The number of carbonyl (C=O) groups excluding carboxylic acids is 1. The minimum atomic E-state index is -1.38. The van der Waals surface area contributed by atoms with Crippen LogP contribution in [0.25, 0.3) is 0 Å². The Morgan fingerprint density at radius 3 is 2.25 bits per heavy atom. The molecule has 0 spiro atoms. The van der Waals surface area contributed by atoms with Crippen LogP contribution in [0.15, 0.2) is 18.2 Å². The molecule has 2 unspecified atom stereocenters. The predicted molar refractivity (Wildman–Crippen MR) is 70.1 cm³/mol. The number of rotatable bonds is 6. The first-order valence-electron chi connectivity index (χ1n) is 5.84. The average molecular weight is 283 g/mol. The van der Waals surface area contributed by atoms with Crippen LogP contribution in [0, 0.1) is 0 Å². The second-order valence-corrected chi connectivity index (χ2v) is 4.10. The third kappa shape index (κ3) is 3.61. The number of ether oxygens (including phenoxy) is 2. The number of carboxylic acids is 1. The molecule has 0 aliphatic heterocycles. The van der Waals surface area contributed by atoms with E-state index in [9.17, 15) is 14.7 Å². The summed E-state index contributed by atoms with van der Waals surface area (Å²) >= 11 is 0. The minimum Gasteiger partial charge on any atom is -0.493 e. The van der Waals surface area contributed by atoms with Gasteiger partial charge in [0.2, 0.25) is 0 Å². The summed E-state index contributed by atoms with van der Waals surface area (Å²) in [5.41, 5.74) is 0.203. The van der Waals surface area contributed by atoms with Crippen LogP contribution >= 0.6 is 0 Å². The number of nitrogens with one attached hydrogen (secondary N) is 1. The zero-order valence-corrected chi connectivity index (χ0v) is 11.4. The Morgan fingerprint density at radius 2 is 1.80 bits per heavy atom. The van der Waals surface area contributed by atoms with E-state index < -0.39 is 24.0 Å². The van der Waals surface area contributed by atoms with Crippen molar-refractivity contribution >= 4 is 11.9 Å². The van der Waals surface area contributed by atoms with Crippen molar-refractivity contribution in [2.75, 3.05) is 14.2 Å². The van der Waals surface area contributed by atoms with E-state index in [0.717, 1.165) is 0 Å². The van der Waals surface area contributed by atoms with E-state index in [2.05, 4.69) is 5.32 Å². The number of aliphatic hydroxyl groups excluding tert-OH is 1. The van der Waals surface area contributed by atoms with Gasteiger partial charge >= 0.3 is 5.97 Å². The number of aliphatic hydroxyl groups is 1. The molecule has 0 heterocycles. The van der Waals surface area contributed by atoms with E-state index in [4.69, 9.17) is 14.6 Å². The third-order valence-corrected chi connectivity index (χ3v) is 2.68. The molecule has 0 saturated heterocycles. The number of aliphatic carboxylic acids is 1. The quantitative estimate of drug-likeness (QED) is 0.692. The molecule has 0 aliphatic rings. The zero-order chi connectivity index (χ0) is 15.3. The third-order valence-electron chi connectivity index (χ3n) is 2.68. The SMILES string of the molecule is COc1ccc(C(=O)NC(C(=O)O)C(C)O)cc1OC. The van der Waals surface area contributed by atoms with Gasteiger partial charge in [-0.3, -0.25) is 4.79 Å². The number of amides is 1. The summed E-state index contributed by atoms with van der Waals surface area (Å²) in [7, 11) is 2.89. The molecule has 0 bridgehead atoms. The lowest BCUT2D eigenvalue weighted by molar-refractivity contribution is -0.141. The summed E-state index contributed by atoms with van der Waals surface area (Å²) in [6.07, 6.45) is -1.21. The number of carbonyl (C=O) groups is 2. The van der Waals surface area contributed by atoms with Crippen LogP contribution in [0.1, 0.15) is 17.3 Å². The summed E-state index contributed by atoms with van der Waals surface area (Å²) in [4.78, 5) is 22.9. The van der Waals surface area contributed by atoms with Gasteiger partial charge in [0, 0.05) is 5.56 Å². The molecule has 3 N–H and O–H groups in total. The van der Waals surface area contributed by atoms with Gasteiger partial charge in [-0.1, -0.05) is 0 Å². The van der Waals surface area contributed by atoms with Crippen LogP contribution in [0.2, 0.25) is 0 Å². The number of hydrogen-bond acceptors (Lipinski definition) is 5. The van der Waals surface area contributed by atoms with Crippen LogP contribution in [0.5, 0.6) is 11.5 Å². The van der Waals surface area contributed by atoms with E-state index in [0.29, 0.717) is 11.5 Å². The smallest absolute Gasteiger partial charge is 0.328 e. The Kier molecular flexibility index (Phi) is 5.33. The fourth-order valence-electron chi connectivity index (χ4n) is 1.59. The van der Waals surface area contributed by atoms with Gasteiger partial charge in [0.25, 0.3) is 5.91 Å². The van der Waals surface area contributed by atoms with Crippen molar-refractivity contribution in [2.45, 2.75) is 19.1 Å². The normalized spacial score (nSPS) is 13.2. The lowest BCUT2D eigenvalue weighted by atomic mass is 10.1. The first-order valence-corrected chi connectivity index (χ1v) is 5.84. The molecule has 110 valence electrons. The Morgan fingerprint density at radius 1 is 1.20 bits per heavy atom. The van der Waals surface area contributed by atoms with Gasteiger partial charge in [-0.2, -0.15) is 0 Å². The highest BCUT2D eigenvalue weighted by atomic mass is 16.5. The maximum atomic E-state index is 11.9. The zero-order valence-electron chi connectivity index (χ0n) is 11.4. The van der Waals surface area contributed by atoms with Crippen molar-refractivity contribution in [2.24, 2.45) is 0 Å². The lowest BCUT2D eigenvalue weighted by Gasteiger charge is -2.17. The standard InChI is InChI=1S/C13H17NO6/c1-7(15)11(13(17)18)14-12(16)8-4-5-9(19-2)10(6-8)20-3/h4-7,11,15H,1-3H3,(H,14,16)(H,17,18). The Hall–Kier alpha value is -2.28. The highest BCUT2D eigenvalue weighted by Gasteiger charge is 2.25. The molecular formula is C13H17NO6. The molecule has 1 aromatic carbocycles. The maximum Gasteiger partial charge on any atom is 0.328 e.